The highest BCUT2D eigenvalue weighted by Gasteiger charge is 2.42. The fourth-order valence-electron chi connectivity index (χ4n) is 9.92. The van der Waals surface area contributed by atoms with E-state index in [1.54, 1.807) is 0 Å². The van der Waals surface area contributed by atoms with Crippen molar-refractivity contribution in [1.82, 2.24) is 4.31 Å². The van der Waals surface area contributed by atoms with Gasteiger partial charge in [0, 0.05) is 37.3 Å². The third-order valence-corrected chi connectivity index (χ3v) is 14.7. The van der Waals surface area contributed by atoms with Crippen molar-refractivity contribution in [2.75, 3.05) is 13.1 Å². The lowest BCUT2D eigenvalue weighted by molar-refractivity contribution is -0.120. The zero-order valence-electron chi connectivity index (χ0n) is 43.2. The van der Waals surface area contributed by atoms with Gasteiger partial charge in [0.25, 0.3) is 0 Å². The molecular formula is C61H103NO2S. The Hall–Kier alpha value is -2.30. The predicted octanol–water partition coefficient (Wildman–Crippen LogP) is 19.3. The van der Waals surface area contributed by atoms with Crippen LogP contribution in [0.1, 0.15) is 240 Å². The second kappa shape index (κ2) is 38.6. The van der Waals surface area contributed by atoms with Crippen LogP contribution in [-0.2, 0) is 9.53 Å². The fourth-order valence-corrected chi connectivity index (χ4v) is 10.3. The van der Waals surface area contributed by atoms with Crippen molar-refractivity contribution in [3.63, 3.8) is 0 Å². The van der Waals surface area contributed by atoms with E-state index in [4.69, 9.17) is 4.74 Å². The van der Waals surface area contributed by atoms with E-state index in [0.717, 1.165) is 115 Å². The van der Waals surface area contributed by atoms with Crippen molar-refractivity contribution >= 4 is 18.6 Å². The fraction of sp³-hybridized carbons (Fsp3) is 0.721. The highest BCUT2D eigenvalue weighted by Crippen LogP contribution is 2.45. The number of carbonyl (C=O) groups is 1. The number of nitrogens with zero attached hydrogens (tertiary/aromatic N) is 1. The van der Waals surface area contributed by atoms with E-state index < -0.39 is 0 Å². The molecule has 0 radical (unpaired) electrons. The van der Waals surface area contributed by atoms with Gasteiger partial charge in [-0.25, -0.2) is 0 Å². The van der Waals surface area contributed by atoms with Crippen LogP contribution in [0.4, 0.5) is 0 Å². The number of hydrogen-bond acceptors (Lipinski definition) is 4. The highest BCUT2D eigenvalue weighted by atomic mass is 32.1. The van der Waals surface area contributed by atoms with Crippen LogP contribution in [0.2, 0.25) is 0 Å². The van der Waals surface area contributed by atoms with Crippen molar-refractivity contribution < 1.29 is 9.53 Å². The van der Waals surface area contributed by atoms with E-state index in [-0.39, 0.29) is 11.5 Å². The highest BCUT2D eigenvalue weighted by molar-refractivity contribution is 7.77. The third-order valence-electron chi connectivity index (χ3n) is 14.4. The second-order valence-electron chi connectivity index (χ2n) is 20.5. The van der Waals surface area contributed by atoms with Crippen molar-refractivity contribution in [3.8, 4) is 0 Å². The number of thiol groups is 1. The monoisotopic (exact) mass is 914 g/mol. The molecule has 0 aromatic carbocycles. The van der Waals surface area contributed by atoms with Crippen molar-refractivity contribution in [2.45, 2.75) is 246 Å². The molecule has 2 aliphatic rings. The van der Waals surface area contributed by atoms with Crippen LogP contribution < -0.4 is 0 Å². The Labute approximate surface area is 409 Å². The summed E-state index contributed by atoms with van der Waals surface area (Å²) in [7, 11) is 0. The standard InChI is InChI=1S/C61H103NO2S/c1-8-11-14-16-18-20-22-24-25-27-29-31-33-35-38-40-58(63)51-56(44-42-53(4)39-37-34-32-30-28-26-23-21-19-17-15-12-9-2)45-43-54(5)50-57-46-47-60(59(57)41-36-13-10-3)64-55(6)61(7)48-49-62(65)52-61/h13,15,17-18,20-21,23-25,36,56-57,59-60,65H,4-6,8-12,14,16,19,22,26-35,37-52H2,1-3,7H3/b17-15-,20-18-,23-21-,25-24-,36-13-. The van der Waals surface area contributed by atoms with Gasteiger partial charge in [-0.15, -0.1) is 0 Å². The Morgan fingerprint density at radius 2 is 1.23 bits per heavy atom. The summed E-state index contributed by atoms with van der Waals surface area (Å²) < 4.78 is 8.90. The minimum atomic E-state index is -0.0316. The van der Waals surface area contributed by atoms with Gasteiger partial charge in [0.2, 0.25) is 0 Å². The lowest BCUT2D eigenvalue weighted by Crippen LogP contribution is -2.29. The van der Waals surface area contributed by atoms with Gasteiger partial charge in [-0.3, -0.25) is 9.10 Å². The molecule has 1 heterocycles. The van der Waals surface area contributed by atoms with Gasteiger partial charge >= 0.3 is 0 Å². The van der Waals surface area contributed by atoms with E-state index in [9.17, 15) is 4.79 Å². The molecule has 370 valence electrons. The normalized spacial score (nSPS) is 21.0. The predicted molar refractivity (Wildman–Crippen MR) is 292 cm³/mol. The summed E-state index contributed by atoms with van der Waals surface area (Å²) in [5.74, 6) is 2.88. The van der Waals surface area contributed by atoms with Crippen LogP contribution in [0, 0.1) is 23.2 Å². The minimum absolute atomic E-state index is 0.0316. The van der Waals surface area contributed by atoms with Crippen molar-refractivity contribution in [3.05, 3.63) is 97.4 Å². The molecule has 0 bridgehead atoms. The zero-order chi connectivity index (χ0) is 47.2. The molecule has 0 aromatic heterocycles. The first-order valence-electron chi connectivity index (χ1n) is 27.5. The number of ether oxygens (including phenoxy) is 1. The molecule has 4 heteroatoms. The quantitative estimate of drug-likeness (QED) is 0.0286. The number of Topliss-reactive ketones (excluding diaryl/α,β-unsaturated/α-hetero) is 1. The number of hydrogen-bond donors (Lipinski definition) is 1. The molecule has 2 rings (SSSR count). The Bertz CT molecular complexity index is 1420. The molecule has 1 saturated heterocycles. The number of allylic oxidation sites excluding steroid dienone is 12. The van der Waals surface area contributed by atoms with Crippen LogP contribution in [0.5, 0.6) is 0 Å². The first-order chi connectivity index (χ1) is 31.6. The first kappa shape index (κ1) is 58.8. The van der Waals surface area contributed by atoms with Gasteiger partial charge in [0.1, 0.15) is 11.9 Å². The average Bonchev–Trinajstić information content (AvgIpc) is 3.85. The van der Waals surface area contributed by atoms with Crippen LogP contribution >= 0.6 is 12.8 Å². The molecule has 2 fully saturated rings. The Kier molecular flexibility index (Phi) is 35.0. The summed E-state index contributed by atoms with van der Waals surface area (Å²) in [6.07, 6.45) is 61.3. The Morgan fingerprint density at radius 3 is 1.82 bits per heavy atom. The van der Waals surface area contributed by atoms with E-state index in [1.807, 2.05) is 0 Å². The number of ketones is 1. The maximum absolute atomic E-state index is 13.5. The van der Waals surface area contributed by atoms with Gasteiger partial charge in [-0.1, -0.05) is 190 Å². The van der Waals surface area contributed by atoms with E-state index in [1.165, 1.54) is 127 Å². The third kappa shape index (κ3) is 29.3. The van der Waals surface area contributed by atoms with Gasteiger partial charge in [-0.05, 0) is 153 Å². The molecule has 0 spiro atoms. The van der Waals surface area contributed by atoms with E-state index >= 15 is 0 Å². The largest absolute Gasteiger partial charge is 0.494 e. The number of carbonyl (C=O) groups excluding carboxylic acids is 1. The van der Waals surface area contributed by atoms with E-state index in [2.05, 4.69) is 125 Å². The molecule has 1 saturated carbocycles. The second-order valence-corrected chi connectivity index (χ2v) is 21.1. The smallest absolute Gasteiger partial charge is 0.133 e. The van der Waals surface area contributed by atoms with Crippen LogP contribution in [0.15, 0.2) is 97.4 Å². The average molecular weight is 915 g/mol. The number of unbranched alkanes of at least 4 members (excludes halogenated alkanes) is 14. The zero-order valence-corrected chi connectivity index (χ0v) is 44.1. The van der Waals surface area contributed by atoms with Gasteiger partial charge in [0.05, 0.1) is 5.76 Å². The molecular weight excluding hydrogens is 811 g/mol. The topological polar surface area (TPSA) is 29.5 Å². The van der Waals surface area contributed by atoms with Crippen LogP contribution in [-0.4, -0.2) is 29.3 Å². The summed E-state index contributed by atoms with van der Waals surface area (Å²) in [6.45, 7) is 24.5. The van der Waals surface area contributed by atoms with Gasteiger partial charge in [0.15, 0.2) is 0 Å². The summed E-state index contributed by atoms with van der Waals surface area (Å²) in [5.41, 5.74) is 2.71. The molecule has 3 nitrogen and oxygen atoms in total. The number of rotatable bonds is 42. The summed E-state index contributed by atoms with van der Waals surface area (Å²) in [6, 6.07) is 0. The van der Waals surface area contributed by atoms with Crippen LogP contribution in [0.25, 0.3) is 0 Å². The van der Waals surface area contributed by atoms with Gasteiger partial charge in [-0.2, -0.15) is 0 Å². The van der Waals surface area contributed by atoms with Crippen molar-refractivity contribution in [2.24, 2.45) is 23.2 Å². The first-order valence-corrected chi connectivity index (χ1v) is 27.9. The van der Waals surface area contributed by atoms with Crippen LogP contribution in [0.3, 0.4) is 0 Å². The molecule has 65 heavy (non-hydrogen) atoms. The summed E-state index contributed by atoms with van der Waals surface area (Å²) >= 11 is 4.63. The SMILES string of the molecule is C=C(CCCCCCC/C=C\C/C=C\CCC)CCC(CCC(=C)CC1CCC(OC(=C)C2(C)CCN(S)C2)C1C/C=C\CC)CC(=O)CCCCCCC/C=C\C/C=C\CCCCC. The molecule has 1 aliphatic carbocycles. The summed E-state index contributed by atoms with van der Waals surface area (Å²) in [5, 5.41) is 0. The molecule has 5 atom stereocenters. The lowest BCUT2D eigenvalue weighted by Gasteiger charge is -2.32. The van der Waals surface area contributed by atoms with Crippen molar-refractivity contribution in [1.29, 1.82) is 0 Å². The lowest BCUT2D eigenvalue weighted by atomic mass is 9.83. The molecule has 0 aromatic rings. The molecule has 5 unspecified atom stereocenters. The molecule has 0 N–H and O–H groups in total. The maximum Gasteiger partial charge on any atom is 0.133 e. The van der Waals surface area contributed by atoms with E-state index in [0.29, 0.717) is 23.5 Å². The maximum atomic E-state index is 13.5. The minimum Gasteiger partial charge on any atom is -0.494 e. The summed E-state index contributed by atoms with van der Waals surface area (Å²) in [4.78, 5) is 13.5. The molecule has 1 aliphatic heterocycles. The Balaban J connectivity index is 1.84. The van der Waals surface area contributed by atoms with Gasteiger partial charge < -0.3 is 4.74 Å². The Morgan fingerprint density at radius 1 is 0.662 bits per heavy atom. The molecule has 0 amide bonds.